The van der Waals surface area contributed by atoms with Crippen LogP contribution in [0.5, 0.6) is 0 Å². The molecular weight excluding hydrogens is 419 g/mol. The summed E-state index contributed by atoms with van der Waals surface area (Å²) >= 11 is 0. The monoisotopic (exact) mass is 440 g/mol. The van der Waals surface area contributed by atoms with E-state index in [0.717, 1.165) is 16.8 Å². The van der Waals surface area contributed by atoms with Crippen molar-refractivity contribution in [3.63, 3.8) is 0 Å². The Morgan fingerprint density at radius 3 is 2.58 bits per heavy atom. The van der Waals surface area contributed by atoms with Crippen LogP contribution in [-0.2, 0) is 6.54 Å². The van der Waals surface area contributed by atoms with Crippen LogP contribution in [0.3, 0.4) is 0 Å². The molecule has 8 nitrogen and oxygen atoms in total. The maximum absolute atomic E-state index is 14.4. The lowest BCUT2D eigenvalue weighted by atomic mass is 10.1. The molecule has 0 bridgehead atoms. The number of nitrogens with one attached hydrogen (secondary N) is 1. The maximum atomic E-state index is 14.4. The van der Waals surface area contributed by atoms with Crippen LogP contribution >= 0.6 is 0 Å². The summed E-state index contributed by atoms with van der Waals surface area (Å²) in [5.74, 6) is 0.158. The lowest BCUT2D eigenvalue weighted by Crippen LogP contribution is -2.07. The number of halogens is 1. The highest BCUT2D eigenvalue weighted by Gasteiger charge is 2.18. The molecule has 5 aromatic rings. The van der Waals surface area contributed by atoms with Gasteiger partial charge in [0.2, 0.25) is 5.95 Å². The minimum atomic E-state index is -0.617. The van der Waals surface area contributed by atoms with Gasteiger partial charge in [0.25, 0.3) is 0 Å². The molecule has 5 rings (SSSR count). The summed E-state index contributed by atoms with van der Waals surface area (Å²) in [5, 5.41) is 3.32. The zero-order chi connectivity index (χ0) is 22.8. The first kappa shape index (κ1) is 20.6. The Morgan fingerprint density at radius 2 is 1.85 bits per heavy atom. The summed E-state index contributed by atoms with van der Waals surface area (Å²) in [6.07, 6.45) is 8.44. The fourth-order valence-electron chi connectivity index (χ4n) is 3.49. The zero-order valence-electron chi connectivity index (χ0n) is 18.1. The van der Waals surface area contributed by atoms with Gasteiger partial charge in [0.05, 0.1) is 17.6 Å². The molecule has 5 heterocycles. The predicted octanol–water partition coefficient (Wildman–Crippen LogP) is 4.68. The van der Waals surface area contributed by atoms with E-state index in [1.54, 1.807) is 30.9 Å². The van der Waals surface area contributed by atoms with Crippen molar-refractivity contribution < 1.29 is 4.39 Å². The molecule has 0 atom stereocenters. The van der Waals surface area contributed by atoms with Gasteiger partial charge in [0.1, 0.15) is 5.52 Å². The lowest BCUT2D eigenvalue weighted by Gasteiger charge is -2.11. The number of pyridine rings is 3. The first-order chi connectivity index (χ1) is 16.1. The number of hydrogen-bond donors (Lipinski definition) is 1. The Morgan fingerprint density at radius 1 is 0.970 bits per heavy atom. The molecule has 33 heavy (non-hydrogen) atoms. The van der Waals surface area contributed by atoms with Crippen LogP contribution in [0.4, 0.5) is 10.2 Å². The van der Waals surface area contributed by atoms with Gasteiger partial charge in [0.15, 0.2) is 17.3 Å². The van der Waals surface area contributed by atoms with Crippen LogP contribution in [0.1, 0.15) is 25.5 Å². The van der Waals surface area contributed by atoms with Crippen molar-refractivity contribution >= 4 is 17.0 Å². The molecule has 0 unspecified atom stereocenters. The molecule has 0 spiro atoms. The molecule has 0 amide bonds. The second-order valence-electron chi connectivity index (χ2n) is 7.80. The number of nitrogens with zero attached hydrogens (tertiary/aromatic N) is 7. The second-order valence-corrected chi connectivity index (χ2v) is 7.80. The quantitative estimate of drug-likeness (QED) is 0.383. The van der Waals surface area contributed by atoms with E-state index in [1.807, 2.05) is 48.9 Å². The summed E-state index contributed by atoms with van der Waals surface area (Å²) in [5.41, 5.74) is 4.26. The first-order valence-electron chi connectivity index (χ1n) is 10.5. The van der Waals surface area contributed by atoms with Gasteiger partial charge in [-0.25, -0.2) is 19.9 Å². The minimum absolute atomic E-state index is 0.133. The molecule has 1 N–H and O–H groups in total. The zero-order valence-corrected chi connectivity index (χ0v) is 18.1. The van der Waals surface area contributed by atoms with Gasteiger partial charge in [-0.05, 0) is 49.7 Å². The van der Waals surface area contributed by atoms with Crippen LogP contribution in [0.15, 0.2) is 67.5 Å². The Labute approximate surface area is 189 Å². The first-order valence-corrected chi connectivity index (χ1v) is 10.5. The average molecular weight is 440 g/mol. The van der Waals surface area contributed by atoms with Crippen LogP contribution in [-0.4, -0.2) is 34.5 Å². The van der Waals surface area contributed by atoms with E-state index in [2.05, 4.69) is 35.2 Å². The van der Waals surface area contributed by atoms with Gasteiger partial charge in [-0.15, -0.1) is 0 Å². The largest absolute Gasteiger partial charge is 0.364 e. The Hall–Kier alpha value is -4.27. The van der Waals surface area contributed by atoms with Gasteiger partial charge in [-0.1, -0.05) is 6.07 Å². The summed E-state index contributed by atoms with van der Waals surface area (Å²) < 4.78 is 16.3. The standard InChI is InChI=1S/C24H21FN8/c1-15(2)33-14-30-20-23(31-22(32-24(20)33)18-6-4-10-27-21(18)25)29-12-16-7-8-19(28-11-16)17-5-3-9-26-13-17/h3-11,13-15H,12H2,1-2H3,(H,29,31,32). The summed E-state index contributed by atoms with van der Waals surface area (Å²) in [7, 11) is 0. The van der Waals surface area contributed by atoms with Crippen molar-refractivity contribution in [2.24, 2.45) is 0 Å². The van der Waals surface area contributed by atoms with Gasteiger partial charge in [0, 0.05) is 42.9 Å². The highest BCUT2D eigenvalue weighted by molar-refractivity contribution is 5.85. The third-order valence-electron chi connectivity index (χ3n) is 5.22. The summed E-state index contributed by atoms with van der Waals surface area (Å²) in [4.78, 5) is 26.1. The van der Waals surface area contributed by atoms with E-state index >= 15 is 0 Å². The van der Waals surface area contributed by atoms with E-state index in [-0.39, 0.29) is 17.4 Å². The number of anilines is 1. The van der Waals surface area contributed by atoms with Gasteiger partial charge >= 0.3 is 0 Å². The number of imidazole rings is 1. The van der Waals surface area contributed by atoms with Crippen molar-refractivity contribution in [1.29, 1.82) is 0 Å². The number of hydrogen-bond acceptors (Lipinski definition) is 7. The normalized spacial score (nSPS) is 11.3. The molecule has 0 fully saturated rings. The fourth-order valence-corrected chi connectivity index (χ4v) is 3.49. The molecule has 0 saturated carbocycles. The van der Waals surface area contributed by atoms with Crippen molar-refractivity contribution in [2.45, 2.75) is 26.4 Å². The second kappa shape index (κ2) is 8.70. The van der Waals surface area contributed by atoms with Crippen molar-refractivity contribution in [1.82, 2.24) is 34.5 Å². The molecule has 0 saturated heterocycles. The van der Waals surface area contributed by atoms with E-state index in [9.17, 15) is 4.39 Å². The van der Waals surface area contributed by atoms with Gasteiger partial charge < -0.3 is 9.88 Å². The summed E-state index contributed by atoms with van der Waals surface area (Å²) in [6.45, 7) is 4.54. The van der Waals surface area contributed by atoms with Crippen LogP contribution in [0.2, 0.25) is 0 Å². The third-order valence-corrected chi connectivity index (χ3v) is 5.22. The topological polar surface area (TPSA) is 94.3 Å². The number of fused-ring (bicyclic) bond motifs is 1. The average Bonchev–Trinajstić information content (AvgIpc) is 3.28. The SMILES string of the molecule is CC(C)n1cnc2c(NCc3ccc(-c4cccnc4)nc3)nc(-c3cccnc3F)nc21. The van der Waals surface area contributed by atoms with E-state index < -0.39 is 5.95 Å². The van der Waals surface area contributed by atoms with Gasteiger partial charge in [-0.3, -0.25) is 9.97 Å². The Bertz CT molecular complexity index is 1400. The predicted molar refractivity (Wildman–Crippen MR) is 124 cm³/mol. The van der Waals surface area contributed by atoms with Crippen molar-refractivity contribution in [2.75, 3.05) is 5.32 Å². The maximum Gasteiger partial charge on any atom is 0.223 e. The molecule has 9 heteroatoms. The Kier molecular flexibility index (Phi) is 5.43. The van der Waals surface area contributed by atoms with Crippen LogP contribution in [0, 0.1) is 5.95 Å². The van der Waals surface area contributed by atoms with E-state index in [0.29, 0.717) is 23.5 Å². The molecule has 0 aliphatic rings. The molecule has 0 aliphatic heterocycles. The number of aromatic nitrogens is 7. The van der Waals surface area contributed by atoms with Crippen molar-refractivity contribution in [3.05, 3.63) is 79.0 Å². The Balaban J connectivity index is 1.48. The molecule has 164 valence electrons. The highest BCUT2D eigenvalue weighted by Crippen LogP contribution is 2.27. The molecule has 0 aromatic carbocycles. The van der Waals surface area contributed by atoms with Crippen LogP contribution < -0.4 is 5.32 Å². The summed E-state index contributed by atoms with van der Waals surface area (Å²) in [6, 6.07) is 11.2. The highest BCUT2D eigenvalue weighted by atomic mass is 19.1. The lowest BCUT2D eigenvalue weighted by molar-refractivity contribution is 0.586. The third kappa shape index (κ3) is 4.12. The van der Waals surface area contributed by atoms with Gasteiger partial charge in [-0.2, -0.15) is 4.39 Å². The fraction of sp³-hybridized carbons (Fsp3) is 0.167. The van der Waals surface area contributed by atoms with E-state index in [4.69, 9.17) is 0 Å². The van der Waals surface area contributed by atoms with E-state index in [1.165, 1.54) is 6.20 Å². The molecule has 5 aromatic heterocycles. The van der Waals surface area contributed by atoms with Crippen LogP contribution in [0.25, 0.3) is 33.8 Å². The van der Waals surface area contributed by atoms with Crippen molar-refractivity contribution in [3.8, 4) is 22.6 Å². The smallest absolute Gasteiger partial charge is 0.223 e. The molecular formula is C24H21FN8. The number of rotatable bonds is 6. The molecule has 0 aliphatic carbocycles. The molecule has 0 radical (unpaired) electrons. The minimum Gasteiger partial charge on any atom is -0.364 e.